The second-order valence-electron chi connectivity index (χ2n) is 6.52. The number of fused-ring (bicyclic) bond motifs is 1. The summed E-state index contributed by atoms with van der Waals surface area (Å²) in [6.45, 7) is 3.46. The van der Waals surface area contributed by atoms with Gasteiger partial charge < -0.3 is 14.6 Å². The number of para-hydroxylation sites is 1. The highest BCUT2D eigenvalue weighted by Crippen LogP contribution is 2.24. The molecule has 3 aromatic rings. The number of hydrogen-bond donors (Lipinski definition) is 1. The van der Waals surface area contributed by atoms with Crippen LogP contribution in [-0.4, -0.2) is 36.9 Å². The Morgan fingerprint density at radius 3 is 2.35 bits per heavy atom. The van der Waals surface area contributed by atoms with Crippen LogP contribution < -0.4 is 4.90 Å². The summed E-state index contributed by atoms with van der Waals surface area (Å²) in [4.78, 5) is 30.4. The number of anilines is 1. The summed E-state index contributed by atoms with van der Waals surface area (Å²) >= 11 is 0. The van der Waals surface area contributed by atoms with E-state index in [9.17, 15) is 9.59 Å². The van der Waals surface area contributed by atoms with E-state index in [1.54, 1.807) is 19.1 Å². The molecular weight excluding hydrogens is 328 g/mol. The number of hydrogen-bond acceptors (Lipinski definition) is 4. The Labute approximate surface area is 152 Å². The predicted octanol–water partition coefficient (Wildman–Crippen LogP) is 3.97. The van der Waals surface area contributed by atoms with Gasteiger partial charge >= 0.3 is 5.97 Å². The van der Waals surface area contributed by atoms with Crippen LogP contribution >= 0.6 is 0 Å². The van der Waals surface area contributed by atoms with Crippen molar-refractivity contribution >= 4 is 28.3 Å². The molecule has 1 atom stereocenters. The largest absolute Gasteiger partial charge is 0.451 e. The summed E-state index contributed by atoms with van der Waals surface area (Å²) < 4.78 is 5.41. The molecule has 0 bridgehead atoms. The molecule has 1 aromatic heterocycles. The normalized spacial score (nSPS) is 12.0. The van der Waals surface area contributed by atoms with Gasteiger partial charge in [0.25, 0.3) is 0 Å². The predicted molar refractivity (Wildman–Crippen MR) is 103 cm³/mol. The van der Waals surface area contributed by atoms with Crippen LogP contribution in [0.2, 0.25) is 0 Å². The summed E-state index contributed by atoms with van der Waals surface area (Å²) in [5.41, 5.74) is 3.65. The summed E-state index contributed by atoms with van der Waals surface area (Å²) in [7, 11) is 3.86. The third-order valence-electron chi connectivity index (χ3n) is 4.41. The zero-order valence-corrected chi connectivity index (χ0v) is 15.4. The van der Waals surface area contributed by atoms with Crippen molar-refractivity contribution in [2.24, 2.45) is 0 Å². The molecule has 5 nitrogen and oxygen atoms in total. The van der Waals surface area contributed by atoms with Crippen LogP contribution in [0.5, 0.6) is 0 Å². The molecule has 2 aromatic carbocycles. The lowest BCUT2D eigenvalue weighted by Crippen LogP contribution is -2.25. The molecule has 5 heteroatoms. The quantitative estimate of drug-likeness (QED) is 0.559. The molecule has 0 spiro atoms. The zero-order valence-electron chi connectivity index (χ0n) is 15.4. The number of benzene rings is 2. The number of aromatic amines is 1. The van der Waals surface area contributed by atoms with Gasteiger partial charge in [-0.2, -0.15) is 0 Å². The highest BCUT2D eigenvalue weighted by Gasteiger charge is 2.24. The van der Waals surface area contributed by atoms with Crippen molar-refractivity contribution in [1.82, 2.24) is 4.98 Å². The third kappa shape index (κ3) is 3.33. The maximum absolute atomic E-state index is 12.8. The van der Waals surface area contributed by atoms with E-state index in [1.807, 2.05) is 62.3 Å². The molecular formula is C21H22N2O3. The summed E-state index contributed by atoms with van der Waals surface area (Å²) in [6, 6.07) is 14.7. The van der Waals surface area contributed by atoms with Gasteiger partial charge in [0, 0.05) is 41.9 Å². The standard InChI is InChI=1S/C21H22N2O3/c1-13-19(17-7-5-6-8-18(17)22-13)20(24)14(2)26-21(25)15-9-11-16(12-10-15)23(3)4/h5-12,14,22H,1-4H3/t14-/m0/s1. The van der Waals surface area contributed by atoms with Gasteiger partial charge in [0.1, 0.15) is 0 Å². The van der Waals surface area contributed by atoms with Gasteiger partial charge in [-0.1, -0.05) is 18.2 Å². The first-order valence-electron chi connectivity index (χ1n) is 8.48. The van der Waals surface area contributed by atoms with Crippen molar-refractivity contribution in [3.05, 3.63) is 65.4 Å². The lowest BCUT2D eigenvalue weighted by atomic mass is 10.0. The number of nitrogens with zero attached hydrogens (tertiary/aromatic N) is 1. The van der Waals surface area contributed by atoms with Crippen LogP contribution in [0.3, 0.4) is 0 Å². The third-order valence-corrected chi connectivity index (χ3v) is 4.41. The summed E-state index contributed by atoms with van der Waals surface area (Å²) in [5, 5.41) is 0.841. The van der Waals surface area contributed by atoms with E-state index in [0.29, 0.717) is 11.1 Å². The molecule has 3 rings (SSSR count). The molecule has 0 aliphatic rings. The lowest BCUT2D eigenvalue weighted by molar-refractivity contribution is 0.0319. The van der Waals surface area contributed by atoms with Gasteiger partial charge in [-0.05, 0) is 44.2 Å². The number of aryl methyl sites for hydroxylation is 1. The minimum atomic E-state index is -0.867. The molecule has 1 N–H and O–H groups in total. The first-order valence-corrected chi connectivity index (χ1v) is 8.48. The van der Waals surface area contributed by atoms with E-state index in [4.69, 9.17) is 4.74 Å². The summed E-state index contributed by atoms with van der Waals surface area (Å²) in [5.74, 6) is -0.716. The first-order chi connectivity index (χ1) is 12.4. The Morgan fingerprint density at radius 2 is 1.69 bits per heavy atom. The maximum atomic E-state index is 12.8. The minimum absolute atomic E-state index is 0.210. The van der Waals surface area contributed by atoms with E-state index < -0.39 is 12.1 Å². The Balaban J connectivity index is 1.78. The number of ether oxygens (including phenoxy) is 1. The van der Waals surface area contributed by atoms with Crippen molar-refractivity contribution in [3.63, 3.8) is 0 Å². The van der Waals surface area contributed by atoms with Gasteiger partial charge in [0.15, 0.2) is 6.10 Å². The van der Waals surface area contributed by atoms with Gasteiger partial charge in [-0.25, -0.2) is 4.79 Å². The maximum Gasteiger partial charge on any atom is 0.338 e. The van der Waals surface area contributed by atoms with Crippen molar-refractivity contribution < 1.29 is 14.3 Å². The molecule has 0 radical (unpaired) electrons. The molecule has 0 aliphatic carbocycles. The van der Waals surface area contributed by atoms with Gasteiger partial charge in [-0.15, -0.1) is 0 Å². The highest BCUT2D eigenvalue weighted by atomic mass is 16.5. The lowest BCUT2D eigenvalue weighted by Gasteiger charge is -2.14. The average molecular weight is 350 g/mol. The molecule has 0 unspecified atom stereocenters. The van der Waals surface area contributed by atoms with Crippen molar-refractivity contribution in [2.45, 2.75) is 20.0 Å². The van der Waals surface area contributed by atoms with Crippen molar-refractivity contribution in [1.29, 1.82) is 0 Å². The monoisotopic (exact) mass is 350 g/mol. The van der Waals surface area contributed by atoms with Gasteiger partial charge in [-0.3, -0.25) is 4.79 Å². The number of aromatic nitrogens is 1. The molecule has 0 aliphatic heterocycles. The van der Waals surface area contributed by atoms with E-state index >= 15 is 0 Å². The van der Waals surface area contributed by atoms with E-state index in [0.717, 1.165) is 22.3 Å². The fourth-order valence-corrected chi connectivity index (χ4v) is 2.98. The average Bonchev–Trinajstić information content (AvgIpc) is 2.96. The Morgan fingerprint density at radius 1 is 1.04 bits per heavy atom. The molecule has 134 valence electrons. The van der Waals surface area contributed by atoms with Crippen LogP contribution in [0.1, 0.15) is 33.3 Å². The fourth-order valence-electron chi connectivity index (χ4n) is 2.98. The molecule has 0 saturated carbocycles. The smallest absolute Gasteiger partial charge is 0.338 e. The molecule has 0 saturated heterocycles. The number of H-pyrrole nitrogens is 1. The second kappa shape index (κ2) is 7.04. The molecule has 1 heterocycles. The Bertz CT molecular complexity index is 955. The van der Waals surface area contributed by atoms with Crippen LogP contribution in [-0.2, 0) is 4.74 Å². The highest BCUT2D eigenvalue weighted by molar-refractivity contribution is 6.11. The number of rotatable bonds is 5. The van der Waals surface area contributed by atoms with Gasteiger partial charge in [0.2, 0.25) is 5.78 Å². The van der Waals surface area contributed by atoms with E-state index in [1.165, 1.54) is 0 Å². The minimum Gasteiger partial charge on any atom is -0.451 e. The van der Waals surface area contributed by atoms with Crippen LogP contribution in [0.4, 0.5) is 5.69 Å². The van der Waals surface area contributed by atoms with Crippen molar-refractivity contribution in [2.75, 3.05) is 19.0 Å². The topological polar surface area (TPSA) is 62.4 Å². The van der Waals surface area contributed by atoms with E-state index in [-0.39, 0.29) is 5.78 Å². The molecule has 0 amide bonds. The SMILES string of the molecule is Cc1[nH]c2ccccc2c1C(=O)[C@H](C)OC(=O)c1ccc(N(C)C)cc1. The summed E-state index contributed by atoms with van der Waals surface area (Å²) in [6.07, 6.45) is -0.867. The number of Topliss-reactive ketones (excluding diaryl/α,β-unsaturated/α-hetero) is 1. The number of nitrogens with one attached hydrogen (secondary N) is 1. The Kier molecular flexibility index (Phi) is 4.80. The van der Waals surface area contributed by atoms with Gasteiger partial charge in [0.05, 0.1) is 5.56 Å². The first kappa shape index (κ1) is 17.7. The van der Waals surface area contributed by atoms with Crippen LogP contribution in [0.25, 0.3) is 10.9 Å². The zero-order chi connectivity index (χ0) is 18.8. The Hall–Kier alpha value is -3.08. The molecule has 26 heavy (non-hydrogen) atoms. The van der Waals surface area contributed by atoms with Crippen LogP contribution in [0, 0.1) is 6.92 Å². The number of esters is 1. The fraction of sp³-hybridized carbons (Fsp3) is 0.238. The van der Waals surface area contributed by atoms with Crippen molar-refractivity contribution in [3.8, 4) is 0 Å². The van der Waals surface area contributed by atoms with Crippen LogP contribution in [0.15, 0.2) is 48.5 Å². The number of carbonyl (C=O) groups excluding carboxylic acids is 2. The second-order valence-corrected chi connectivity index (χ2v) is 6.52. The van der Waals surface area contributed by atoms with E-state index in [2.05, 4.69) is 4.98 Å². The number of ketones is 1. The molecule has 0 fully saturated rings. The number of carbonyl (C=O) groups is 2.